The van der Waals surface area contributed by atoms with Crippen molar-refractivity contribution >= 4 is 44.7 Å². The minimum Gasteiger partial charge on any atom is -0.388 e. The number of ether oxygens (including phenoxy) is 1. The van der Waals surface area contributed by atoms with Crippen LogP contribution in [0.2, 0.25) is 0 Å². The molecule has 4 rings (SSSR count). The molecule has 1 aliphatic rings. The molecule has 0 unspecified atom stereocenters. The van der Waals surface area contributed by atoms with E-state index in [1.807, 2.05) is 6.07 Å². The van der Waals surface area contributed by atoms with E-state index >= 15 is 0 Å². The van der Waals surface area contributed by atoms with Gasteiger partial charge in [0.2, 0.25) is 0 Å². The largest absolute Gasteiger partial charge is 0.434 e. The Labute approximate surface area is 170 Å². The minimum atomic E-state index is -4.58. The predicted octanol–water partition coefficient (Wildman–Crippen LogP) is 4.89. The summed E-state index contributed by atoms with van der Waals surface area (Å²) in [5, 5.41) is 11.5. The third kappa shape index (κ3) is 4.50. The second-order valence-corrected chi connectivity index (χ2v) is 8.46. The summed E-state index contributed by atoms with van der Waals surface area (Å²) in [7, 11) is 1.80. The monoisotopic (exact) mass is 444 g/mol. The molecule has 0 radical (unpaired) electrons. The van der Waals surface area contributed by atoms with Gasteiger partial charge in [0.1, 0.15) is 5.82 Å². The fourth-order valence-corrected chi connectivity index (χ4v) is 3.98. The Morgan fingerprint density at radius 2 is 2.10 bits per heavy atom. The van der Waals surface area contributed by atoms with Crippen molar-refractivity contribution in [2.24, 2.45) is 7.05 Å². The van der Waals surface area contributed by atoms with Crippen LogP contribution >= 0.6 is 22.7 Å². The summed E-state index contributed by atoms with van der Waals surface area (Å²) < 4.78 is 44.7. The highest BCUT2D eigenvalue weighted by atomic mass is 32.1. The molecule has 3 heterocycles. The van der Waals surface area contributed by atoms with Crippen molar-refractivity contribution in [1.82, 2.24) is 19.7 Å². The molecular weight excluding hydrogens is 429 g/mol. The molecule has 3 aromatic heterocycles. The summed E-state index contributed by atoms with van der Waals surface area (Å²) >= 11 is 1.93. The van der Waals surface area contributed by atoms with Crippen LogP contribution in [0.1, 0.15) is 35.2 Å². The topological polar surface area (TPSA) is 94.0 Å². The highest BCUT2D eigenvalue weighted by molar-refractivity contribution is 7.16. The SMILES string of the molecule is Cc1nc(OC(=O)Nc2nc(C(F)(F)F)cs2)c(Nc2cc(C3CC3)nn2C)s1. The van der Waals surface area contributed by atoms with Crippen LogP contribution in [-0.2, 0) is 13.2 Å². The molecule has 1 saturated carbocycles. The lowest BCUT2D eigenvalue weighted by Gasteiger charge is -2.06. The molecule has 2 N–H and O–H groups in total. The van der Waals surface area contributed by atoms with Gasteiger partial charge >= 0.3 is 12.3 Å². The molecule has 13 heteroatoms. The van der Waals surface area contributed by atoms with Crippen molar-refractivity contribution in [1.29, 1.82) is 0 Å². The average Bonchev–Trinajstić information content (AvgIpc) is 3.11. The Kier molecular flexibility index (Phi) is 4.94. The van der Waals surface area contributed by atoms with Gasteiger partial charge in [-0.25, -0.2) is 14.8 Å². The molecule has 0 aliphatic heterocycles. The number of nitrogens with zero attached hydrogens (tertiary/aromatic N) is 4. The first-order valence-corrected chi connectivity index (χ1v) is 10.2. The van der Waals surface area contributed by atoms with E-state index in [0.717, 1.165) is 29.7 Å². The molecule has 1 fully saturated rings. The van der Waals surface area contributed by atoms with Crippen LogP contribution < -0.4 is 15.4 Å². The zero-order valence-corrected chi connectivity index (χ0v) is 16.8. The van der Waals surface area contributed by atoms with Gasteiger partial charge in [0.05, 0.1) is 10.7 Å². The number of amides is 1. The fraction of sp³-hybridized carbons (Fsp3) is 0.375. The quantitative estimate of drug-likeness (QED) is 0.582. The van der Waals surface area contributed by atoms with Crippen molar-refractivity contribution in [3.05, 3.63) is 27.8 Å². The molecule has 1 aliphatic carbocycles. The summed E-state index contributed by atoms with van der Waals surface area (Å²) in [5.41, 5.74) is -0.0759. The van der Waals surface area contributed by atoms with Gasteiger partial charge in [-0.2, -0.15) is 18.3 Å². The van der Waals surface area contributed by atoms with E-state index in [1.165, 1.54) is 11.3 Å². The number of halogens is 3. The molecular formula is C16H15F3N6O2S2. The van der Waals surface area contributed by atoms with E-state index in [4.69, 9.17) is 4.74 Å². The van der Waals surface area contributed by atoms with E-state index in [1.54, 1.807) is 18.7 Å². The summed E-state index contributed by atoms with van der Waals surface area (Å²) in [5.74, 6) is 1.23. The number of aryl methyl sites for hydroxylation is 2. The maximum Gasteiger partial charge on any atom is 0.434 e. The molecule has 0 saturated heterocycles. The Bertz CT molecular complexity index is 1050. The number of aromatic nitrogens is 4. The zero-order valence-electron chi connectivity index (χ0n) is 15.2. The van der Waals surface area contributed by atoms with Crippen molar-refractivity contribution in [2.75, 3.05) is 10.6 Å². The molecule has 0 atom stereocenters. The van der Waals surface area contributed by atoms with Crippen molar-refractivity contribution < 1.29 is 22.7 Å². The first-order valence-electron chi connectivity index (χ1n) is 8.49. The average molecular weight is 444 g/mol. The summed E-state index contributed by atoms with van der Waals surface area (Å²) in [6, 6.07) is 1.94. The van der Waals surface area contributed by atoms with Gasteiger partial charge in [0, 0.05) is 24.4 Å². The summed E-state index contributed by atoms with van der Waals surface area (Å²) in [6.45, 7) is 1.75. The summed E-state index contributed by atoms with van der Waals surface area (Å²) in [6.07, 6.45) is -3.31. The Hall–Kier alpha value is -2.67. The van der Waals surface area contributed by atoms with Gasteiger partial charge in [0.25, 0.3) is 5.88 Å². The lowest BCUT2D eigenvalue weighted by molar-refractivity contribution is -0.140. The third-order valence-corrected chi connectivity index (χ3v) is 5.66. The van der Waals surface area contributed by atoms with Crippen molar-refractivity contribution in [2.45, 2.75) is 31.9 Å². The Balaban J connectivity index is 1.45. The minimum absolute atomic E-state index is 0.0202. The lowest BCUT2D eigenvalue weighted by Crippen LogP contribution is -2.17. The number of alkyl halides is 3. The van der Waals surface area contributed by atoms with E-state index in [0.29, 0.717) is 27.3 Å². The van der Waals surface area contributed by atoms with Gasteiger partial charge in [-0.05, 0) is 19.8 Å². The maximum atomic E-state index is 12.6. The number of rotatable bonds is 5. The van der Waals surface area contributed by atoms with Crippen LogP contribution in [0.3, 0.4) is 0 Å². The lowest BCUT2D eigenvalue weighted by atomic mass is 10.3. The standard InChI is InChI=1S/C16H15F3N6O2S2/c1-7-20-12(27-15(26)23-14-21-10(6-28-14)16(17,18)19)13(29-7)22-11-5-9(8-3-4-8)24-25(11)2/h5-6,8,22H,3-4H2,1-2H3,(H,21,23,26). The van der Waals surface area contributed by atoms with E-state index in [9.17, 15) is 18.0 Å². The van der Waals surface area contributed by atoms with Crippen molar-refractivity contribution in [3.8, 4) is 5.88 Å². The van der Waals surface area contributed by atoms with Crippen LogP contribution in [0, 0.1) is 6.92 Å². The molecule has 0 spiro atoms. The number of hydrogen-bond acceptors (Lipinski definition) is 8. The molecule has 29 heavy (non-hydrogen) atoms. The Morgan fingerprint density at radius 3 is 2.76 bits per heavy atom. The van der Waals surface area contributed by atoms with Gasteiger partial charge in [0.15, 0.2) is 15.8 Å². The second-order valence-electron chi connectivity index (χ2n) is 6.39. The predicted molar refractivity (Wildman–Crippen MR) is 102 cm³/mol. The van der Waals surface area contributed by atoms with Crippen LogP contribution in [-0.4, -0.2) is 25.8 Å². The molecule has 0 aromatic carbocycles. The summed E-state index contributed by atoms with van der Waals surface area (Å²) in [4.78, 5) is 19.6. The first kappa shape index (κ1) is 19.6. The highest BCUT2D eigenvalue weighted by Gasteiger charge is 2.34. The van der Waals surface area contributed by atoms with Crippen LogP contribution in [0.25, 0.3) is 0 Å². The van der Waals surface area contributed by atoms with E-state index in [-0.39, 0.29) is 11.0 Å². The number of hydrogen-bond donors (Lipinski definition) is 2. The van der Waals surface area contributed by atoms with Crippen molar-refractivity contribution in [3.63, 3.8) is 0 Å². The second kappa shape index (κ2) is 7.30. The normalized spacial score (nSPS) is 14.1. The van der Waals surface area contributed by atoms with E-state index in [2.05, 4.69) is 25.7 Å². The van der Waals surface area contributed by atoms with Crippen LogP contribution in [0.5, 0.6) is 5.88 Å². The molecule has 154 valence electrons. The van der Waals surface area contributed by atoms with Gasteiger partial charge < -0.3 is 10.1 Å². The van der Waals surface area contributed by atoms with Gasteiger partial charge in [-0.1, -0.05) is 11.3 Å². The number of carbonyl (C=O) groups is 1. The highest BCUT2D eigenvalue weighted by Crippen LogP contribution is 2.41. The Morgan fingerprint density at radius 1 is 1.34 bits per heavy atom. The smallest absolute Gasteiger partial charge is 0.388 e. The molecule has 8 nitrogen and oxygen atoms in total. The van der Waals surface area contributed by atoms with Gasteiger partial charge in [-0.15, -0.1) is 11.3 Å². The molecule has 1 amide bonds. The fourth-order valence-electron chi connectivity index (χ4n) is 2.52. The van der Waals surface area contributed by atoms with E-state index < -0.39 is 18.0 Å². The number of nitrogens with one attached hydrogen (secondary N) is 2. The number of carbonyl (C=O) groups excluding carboxylic acids is 1. The van der Waals surface area contributed by atoms with Gasteiger partial charge in [-0.3, -0.25) is 10.00 Å². The molecule has 3 aromatic rings. The number of thiazole rings is 2. The maximum absolute atomic E-state index is 12.6. The zero-order chi connectivity index (χ0) is 20.8. The molecule has 0 bridgehead atoms. The van der Waals surface area contributed by atoms with Crippen LogP contribution in [0.4, 0.5) is 33.9 Å². The third-order valence-electron chi connectivity index (χ3n) is 4.03. The number of anilines is 3. The van der Waals surface area contributed by atoms with Crippen LogP contribution in [0.15, 0.2) is 11.4 Å². The first-order chi connectivity index (χ1) is 13.7.